The van der Waals surface area contributed by atoms with Gasteiger partial charge in [-0.15, -0.1) is 11.3 Å². The van der Waals surface area contributed by atoms with Gasteiger partial charge in [-0.2, -0.15) is 0 Å². The number of amides is 2. The van der Waals surface area contributed by atoms with Crippen LogP contribution < -0.4 is 10.6 Å². The van der Waals surface area contributed by atoms with Crippen LogP contribution in [0.4, 0.5) is 5.13 Å². The Morgan fingerprint density at radius 2 is 1.91 bits per heavy atom. The summed E-state index contributed by atoms with van der Waals surface area (Å²) >= 11 is 1.20. The van der Waals surface area contributed by atoms with Gasteiger partial charge < -0.3 is 15.7 Å². The molecule has 0 spiro atoms. The van der Waals surface area contributed by atoms with Gasteiger partial charge in [-0.25, -0.2) is 4.98 Å². The summed E-state index contributed by atoms with van der Waals surface area (Å²) < 4.78 is 0. The van der Waals surface area contributed by atoms with Crippen molar-refractivity contribution in [1.29, 1.82) is 0 Å². The zero-order chi connectivity index (χ0) is 17.5. The van der Waals surface area contributed by atoms with Gasteiger partial charge >= 0.3 is 5.97 Å². The predicted octanol–water partition coefficient (Wildman–Crippen LogP) is 2.50. The van der Waals surface area contributed by atoms with E-state index in [0.29, 0.717) is 18.1 Å². The van der Waals surface area contributed by atoms with Gasteiger partial charge in [0, 0.05) is 23.8 Å². The summed E-state index contributed by atoms with van der Waals surface area (Å²) in [7, 11) is 0. The van der Waals surface area contributed by atoms with Crippen molar-refractivity contribution in [3.63, 3.8) is 0 Å². The van der Waals surface area contributed by atoms with Crippen LogP contribution in [0.3, 0.4) is 0 Å². The Hall–Kier alpha value is -1.96. The first-order valence-corrected chi connectivity index (χ1v) is 8.35. The van der Waals surface area contributed by atoms with E-state index in [1.807, 2.05) is 0 Å². The SMILES string of the molecule is CC(C)(C)C(=O)Nc1nc(C(=O)NCCCCCC(=O)O)cs1. The minimum Gasteiger partial charge on any atom is -0.481 e. The molecule has 0 unspecified atom stereocenters. The molecular formula is C15H23N3O4S. The predicted molar refractivity (Wildman–Crippen MR) is 88.6 cm³/mol. The molecule has 0 bridgehead atoms. The Labute approximate surface area is 139 Å². The first kappa shape index (κ1) is 19.1. The van der Waals surface area contributed by atoms with E-state index in [-0.39, 0.29) is 23.9 Å². The maximum absolute atomic E-state index is 11.9. The Kier molecular flexibility index (Phi) is 7.15. The molecule has 0 fully saturated rings. The zero-order valence-electron chi connectivity index (χ0n) is 13.6. The fourth-order valence-electron chi connectivity index (χ4n) is 1.59. The minimum absolute atomic E-state index is 0.150. The number of aliphatic carboxylic acids is 1. The lowest BCUT2D eigenvalue weighted by Crippen LogP contribution is -2.28. The Morgan fingerprint density at radius 3 is 2.52 bits per heavy atom. The van der Waals surface area contributed by atoms with E-state index in [4.69, 9.17) is 5.11 Å². The number of aromatic nitrogens is 1. The molecule has 0 aromatic carbocycles. The standard InChI is InChI=1S/C15H23N3O4S/c1-15(2,3)13(22)18-14-17-10(9-23-14)12(21)16-8-6-4-5-7-11(19)20/h9H,4-8H2,1-3H3,(H,16,21)(H,19,20)(H,17,18,22). The number of hydrogen-bond acceptors (Lipinski definition) is 5. The molecule has 8 heteroatoms. The normalized spacial score (nSPS) is 11.1. The number of carboxylic acids is 1. The number of nitrogens with zero attached hydrogens (tertiary/aromatic N) is 1. The van der Waals surface area contributed by atoms with E-state index in [0.717, 1.165) is 12.8 Å². The molecule has 0 radical (unpaired) electrons. The molecule has 0 aliphatic carbocycles. The van der Waals surface area contributed by atoms with E-state index >= 15 is 0 Å². The summed E-state index contributed by atoms with van der Waals surface area (Å²) in [6.45, 7) is 5.87. The van der Waals surface area contributed by atoms with Gasteiger partial charge in [0.25, 0.3) is 5.91 Å². The third-order valence-corrected chi connectivity index (χ3v) is 3.75. The van der Waals surface area contributed by atoms with Crippen molar-refractivity contribution in [2.75, 3.05) is 11.9 Å². The Morgan fingerprint density at radius 1 is 1.22 bits per heavy atom. The second-order valence-electron chi connectivity index (χ2n) is 6.20. The summed E-state index contributed by atoms with van der Waals surface area (Å²) in [5.74, 6) is -1.26. The van der Waals surface area contributed by atoms with Gasteiger partial charge in [0.05, 0.1) is 0 Å². The molecule has 0 aliphatic heterocycles. The first-order valence-electron chi connectivity index (χ1n) is 7.47. The van der Waals surface area contributed by atoms with Gasteiger partial charge in [-0.05, 0) is 12.8 Å². The number of hydrogen-bond donors (Lipinski definition) is 3. The molecule has 1 aromatic rings. The number of carbonyl (C=O) groups excluding carboxylic acids is 2. The number of carboxylic acid groups (broad SMARTS) is 1. The van der Waals surface area contributed by atoms with Crippen LogP contribution in [0.15, 0.2) is 5.38 Å². The lowest BCUT2D eigenvalue weighted by molar-refractivity contribution is -0.137. The molecule has 128 valence electrons. The third-order valence-electron chi connectivity index (χ3n) is 2.99. The maximum atomic E-state index is 11.9. The highest BCUT2D eigenvalue weighted by atomic mass is 32.1. The number of thiazole rings is 1. The van der Waals surface area contributed by atoms with E-state index < -0.39 is 11.4 Å². The largest absolute Gasteiger partial charge is 0.481 e. The highest BCUT2D eigenvalue weighted by Crippen LogP contribution is 2.20. The number of unbranched alkanes of at least 4 members (excludes halogenated alkanes) is 2. The van der Waals surface area contributed by atoms with Gasteiger partial charge in [0.2, 0.25) is 5.91 Å². The van der Waals surface area contributed by atoms with E-state index in [9.17, 15) is 14.4 Å². The van der Waals surface area contributed by atoms with Gasteiger partial charge in [-0.1, -0.05) is 27.2 Å². The van der Waals surface area contributed by atoms with Crippen LogP contribution in [-0.4, -0.2) is 34.4 Å². The van der Waals surface area contributed by atoms with Crippen molar-refractivity contribution >= 4 is 34.3 Å². The summed E-state index contributed by atoms with van der Waals surface area (Å²) in [6.07, 6.45) is 2.22. The Balaban J connectivity index is 2.35. The summed E-state index contributed by atoms with van der Waals surface area (Å²) in [5, 5.41) is 15.9. The monoisotopic (exact) mass is 341 g/mol. The molecule has 1 rings (SSSR count). The van der Waals surface area contributed by atoms with Crippen LogP contribution in [0, 0.1) is 5.41 Å². The van der Waals surface area contributed by atoms with Crippen LogP contribution >= 0.6 is 11.3 Å². The quantitative estimate of drug-likeness (QED) is 0.630. The summed E-state index contributed by atoms with van der Waals surface area (Å²) in [5.41, 5.74) is -0.255. The second-order valence-corrected chi connectivity index (χ2v) is 7.06. The van der Waals surface area contributed by atoms with Crippen molar-refractivity contribution < 1.29 is 19.5 Å². The number of anilines is 1. The number of nitrogens with one attached hydrogen (secondary N) is 2. The van der Waals surface area contributed by atoms with Crippen LogP contribution in [0.25, 0.3) is 0 Å². The Bertz CT molecular complexity index is 563. The summed E-state index contributed by atoms with van der Waals surface area (Å²) in [4.78, 5) is 38.2. The fraction of sp³-hybridized carbons (Fsp3) is 0.600. The molecule has 0 saturated heterocycles. The van der Waals surface area contributed by atoms with Crippen molar-refractivity contribution in [1.82, 2.24) is 10.3 Å². The maximum Gasteiger partial charge on any atom is 0.303 e. The van der Waals surface area contributed by atoms with Crippen molar-refractivity contribution in [2.45, 2.75) is 46.5 Å². The van der Waals surface area contributed by atoms with Gasteiger partial charge in [0.15, 0.2) is 5.13 Å². The lowest BCUT2D eigenvalue weighted by Gasteiger charge is -2.15. The molecule has 1 heterocycles. The average Bonchev–Trinajstić information content (AvgIpc) is 2.89. The molecule has 0 atom stereocenters. The van der Waals surface area contributed by atoms with E-state index in [1.54, 1.807) is 26.2 Å². The molecule has 0 saturated carbocycles. The van der Waals surface area contributed by atoms with Crippen LogP contribution in [0.2, 0.25) is 0 Å². The number of rotatable bonds is 8. The van der Waals surface area contributed by atoms with Crippen molar-refractivity contribution in [2.24, 2.45) is 5.41 Å². The topological polar surface area (TPSA) is 108 Å². The highest BCUT2D eigenvalue weighted by Gasteiger charge is 2.22. The van der Waals surface area contributed by atoms with E-state index in [2.05, 4.69) is 15.6 Å². The lowest BCUT2D eigenvalue weighted by atomic mass is 9.96. The molecule has 0 aliphatic rings. The van der Waals surface area contributed by atoms with Crippen molar-refractivity contribution in [3.8, 4) is 0 Å². The molecule has 2 amide bonds. The van der Waals surface area contributed by atoms with Crippen LogP contribution in [0.1, 0.15) is 56.9 Å². The van der Waals surface area contributed by atoms with Gasteiger partial charge in [-0.3, -0.25) is 14.4 Å². The fourth-order valence-corrected chi connectivity index (χ4v) is 2.28. The number of carbonyl (C=O) groups is 3. The minimum atomic E-state index is -0.804. The molecule has 3 N–H and O–H groups in total. The highest BCUT2D eigenvalue weighted by molar-refractivity contribution is 7.14. The van der Waals surface area contributed by atoms with Crippen LogP contribution in [-0.2, 0) is 9.59 Å². The average molecular weight is 341 g/mol. The molecule has 23 heavy (non-hydrogen) atoms. The molecule has 7 nitrogen and oxygen atoms in total. The van der Waals surface area contributed by atoms with E-state index in [1.165, 1.54) is 11.3 Å². The van der Waals surface area contributed by atoms with Crippen molar-refractivity contribution in [3.05, 3.63) is 11.1 Å². The van der Waals surface area contributed by atoms with Crippen LogP contribution in [0.5, 0.6) is 0 Å². The smallest absolute Gasteiger partial charge is 0.303 e. The second kappa shape index (κ2) is 8.61. The molecule has 1 aromatic heterocycles. The summed E-state index contributed by atoms with van der Waals surface area (Å²) in [6, 6.07) is 0. The first-order chi connectivity index (χ1) is 10.7. The third kappa shape index (κ3) is 7.23. The molecular weight excluding hydrogens is 318 g/mol. The van der Waals surface area contributed by atoms with Gasteiger partial charge in [0.1, 0.15) is 5.69 Å². The zero-order valence-corrected chi connectivity index (χ0v) is 14.5.